The zero-order valence-corrected chi connectivity index (χ0v) is 21.0. The molecule has 0 aliphatic heterocycles. The van der Waals surface area contributed by atoms with Crippen molar-refractivity contribution in [3.8, 4) is 11.5 Å². The molecule has 6 heteroatoms. The van der Waals surface area contributed by atoms with Gasteiger partial charge in [0.1, 0.15) is 0 Å². The fourth-order valence-electron chi connectivity index (χ4n) is 3.94. The Hall–Kier alpha value is -2.31. The molecule has 32 heavy (non-hydrogen) atoms. The zero-order valence-electron chi connectivity index (χ0n) is 20.2. The number of fused-ring (bicyclic) bond motifs is 1. The highest BCUT2D eigenvalue weighted by Crippen LogP contribution is 2.38. The first kappa shape index (κ1) is 24.3. The largest absolute Gasteiger partial charge is 0.493 e. The number of unbranched alkanes of at least 4 members (excludes halogenated alkanes) is 2. The third-order valence-electron chi connectivity index (χ3n) is 6.01. The van der Waals surface area contributed by atoms with Crippen LogP contribution in [0.25, 0.3) is 10.2 Å². The lowest BCUT2D eigenvalue weighted by molar-refractivity contribution is 0.296. The van der Waals surface area contributed by atoms with E-state index >= 15 is 0 Å². The van der Waals surface area contributed by atoms with E-state index < -0.39 is 0 Å². The highest BCUT2D eigenvalue weighted by molar-refractivity contribution is 7.22. The molecule has 0 fully saturated rings. The van der Waals surface area contributed by atoms with Crippen molar-refractivity contribution in [2.45, 2.75) is 46.5 Å². The number of aromatic nitrogens is 1. The predicted molar refractivity (Wildman–Crippen MR) is 137 cm³/mol. The molecule has 2 aromatic carbocycles. The van der Waals surface area contributed by atoms with Crippen LogP contribution in [0.4, 0.5) is 10.8 Å². The maximum atomic E-state index is 5.57. The molecule has 5 nitrogen and oxygen atoms in total. The molecule has 0 aliphatic rings. The molecular weight excluding hydrogens is 418 g/mol. The maximum absolute atomic E-state index is 5.57. The Kier molecular flexibility index (Phi) is 9.18. The summed E-state index contributed by atoms with van der Waals surface area (Å²) < 4.78 is 12.3. The molecule has 3 rings (SSSR count). The lowest BCUT2D eigenvalue weighted by Gasteiger charge is -2.23. The zero-order chi connectivity index (χ0) is 22.9. The van der Waals surface area contributed by atoms with Gasteiger partial charge in [-0.05, 0) is 68.7 Å². The lowest BCUT2D eigenvalue weighted by Crippen LogP contribution is -2.24. The van der Waals surface area contributed by atoms with Gasteiger partial charge in [0.05, 0.1) is 24.4 Å². The first-order chi connectivity index (χ1) is 15.6. The summed E-state index contributed by atoms with van der Waals surface area (Å²) in [5, 5.41) is 1.03. The molecule has 0 saturated carbocycles. The third kappa shape index (κ3) is 5.93. The second-order valence-corrected chi connectivity index (χ2v) is 8.94. The molecule has 0 radical (unpaired) electrons. The second kappa shape index (κ2) is 12.1. The van der Waals surface area contributed by atoms with E-state index in [0.717, 1.165) is 60.3 Å². The quantitative estimate of drug-likeness (QED) is 0.274. The summed E-state index contributed by atoms with van der Waals surface area (Å²) in [5.41, 5.74) is 3.50. The van der Waals surface area contributed by atoms with Gasteiger partial charge < -0.3 is 19.3 Å². The fraction of sp³-hybridized carbons (Fsp3) is 0.500. The van der Waals surface area contributed by atoms with Gasteiger partial charge in [-0.25, -0.2) is 4.98 Å². The van der Waals surface area contributed by atoms with Crippen molar-refractivity contribution in [2.75, 3.05) is 45.3 Å². The third-order valence-corrected chi connectivity index (χ3v) is 7.05. The van der Waals surface area contributed by atoms with Crippen LogP contribution >= 0.6 is 11.3 Å². The van der Waals surface area contributed by atoms with Crippen LogP contribution in [0.1, 0.15) is 45.6 Å². The van der Waals surface area contributed by atoms with Crippen LogP contribution < -0.4 is 14.4 Å². The van der Waals surface area contributed by atoms with Crippen LogP contribution in [0, 0.1) is 0 Å². The molecule has 1 aromatic heterocycles. The highest BCUT2D eigenvalue weighted by Gasteiger charge is 2.17. The van der Waals surface area contributed by atoms with Gasteiger partial charge in [-0.2, -0.15) is 0 Å². The Morgan fingerprint density at radius 2 is 1.59 bits per heavy atom. The SMILES string of the molecule is CCc1ccc2nc(N(CCCCCN(CC)CC)c3ccc(OC)c(OC)c3)sc2c1. The average Bonchev–Trinajstić information content (AvgIpc) is 3.26. The van der Waals surface area contributed by atoms with Crippen LogP contribution in [0.15, 0.2) is 36.4 Å². The number of benzene rings is 2. The number of rotatable bonds is 13. The number of ether oxygens (including phenoxy) is 2. The minimum absolute atomic E-state index is 0.742. The van der Waals surface area contributed by atoms with Crippen molar-refractivity contribution in [2.24, 2.45) is 0 Å². The van der Waals surface area contributed by atoms with Crippen LogP contribution in [-0.4, -0.2) is 50.3 Å². The van der Waals surface area contributed by atoms with E-state index in [4.69, 9.17) is 14.5 Å². The molecule has 0 unspecified atom stereocenters. The van der Waals surface area contributed by atoms with Gasteiger partial charge in [0.2, 0.25) is 0 Å². The first-order valence-electron chi connectivity index (χ1n) is 11.7. The molecule has 0 spiro atoms. The van der Waals surface area contributed by atoms with Crippen LogP contribution in [-0.2, 0) is 6.42 Å². The Labute approximate surface area is 197 Å². The monoisotopic (exact) mass is 455 g/mol. The van der Waals surface area contributed by atoms with E-state index in [-0.39, 0.29) is 0 Å². The Balaban J connectivity index is 1.83. The summed E-state index contributed by atoms with van der Waals surface area (Å²) in [4.78, 5) is 9.80. The molecule has 1 heterocycles. The Morgan fingerprint density at radius 3 is 2.28 bits per heavy atom. The van der Waals surface area contributed by atoms with E-state index in [9.17, 15) is 0 Å². The summed E-state index contributed by atoms with van der Waals surface area (Å²) in [6.07, 6.45) is 4.58. The standard InChI is InChI=1S/C26H37N3O2S/c1-6-20-12-14-22-25(18-20)32-26(27-22)29(17-11-9-10-16-28(7-2)8-3)21-13-15-23(30-4)24(19-21)31-5/h12-15,18-19H,6-11,16-17H2,1-5H3. The molecule has 0 N–H and O–H groups in total. The van der Waals surface area contributed by atoms with Gasteiger partial charge in [-0.15, -0.1) is 0 Å². The van der Waals surface area contributed by atoms with E-state index in [1.165, 1.54) is 29.6 Å². The van der Waals surface area contributed by atoms with Crippen LogP contribution in [0.3, 0.4) is 0 Å². The van der Waals surface area contributed by atoms with Gasteiger partial charge in [0, 0.05) is 18.3 Å². The van der Waals surface area contributed by atoms with E-state index in [1.807, 2.05) is 6.07 Å². The van der Waals surface area contributed by atoms with Crippen molar-refractivity contribution in [3.63, 3.8) is 0 Å². The molecule has 0 saturated heterocycles. The molecule has 3 aromatic rings. The summed E-state index contributed by atoms with van der Waals surface area (Å²) in [7, 11) is 3.35. The Morgan fingerprint density at radius 1 is 0.844 bits per heavy atom. The van der Waals surface area contributed by atoms with Gasteiger partial charge in [-0.3, -0.25) is 0 Å². The Bertz CT molecular complexity index is 984. The van der Waals surface area contributed by atoms with E-state index in [2.05, 4.69) is 60.9 Å². The van der Waals surface area contributed by atoms with Crippen molar-refractivity contribution in [1.29, 1.82) is 0 Å². The number of thiazole rings is 1. The summed E-state index contributed by atoms with van der Waals surface area (Å²) in [5.74, 6) is 1.48. The normalized spacial score (nSPS) is 11.3. The van der Waals surface area contributed by atoms with Gasteiger partial charge >= 0.3 is 0 Å². The molecular formula is C26H37N3O2S. The van der Waals surface area contributed by atoms with Gasteiger partial charge in [0.15, 0.2) is 16.6 Å². The van der Waals surface area contributed by atoms with Crippen molar-refractivity contribution in [1.82, 2.24) is 9.88 Å². The smallest absolute Gasteiger partial charge is 0.190 e. The van der Waals surface area contributed by atoms with Crippen molar-refractivity contribution in [3.05, 3.63) is 42.0 Å². The number of hydrogen-bond acceptors (Lipinski definition) is 6. The molecule has 0 bridgehead atoms. The summed E-state index contributed by atoms with van der Waals surface area (Å²) >= 11 is 1.76. The van der Waals surface area contributed by atoms with Gasteiger partial charge in [-0.1, -0.05) is 44.6 Å². The molecule has 0 amide bonds. The van der Waals surface area contributed by atoms with Gasteiger partial charge in [0.25, 0.3) is 0 Å². The topological polar surface area (TPSA) is 37.8 Å². The van der Waals surface area contributed by atoms with Crippen molar-refractivity contribution < 1.29 is 9.47 Å². The van der Waals surface area contributed by atoms with E-state index in [0.29, 0.717) is 0 Å². The molecule has 0 atom stereocenters. The first-order valence-corrected chi connectivity index (χ1v) is 12.6. The lowest BCUT2D eigenvalue weighted by atomic mass is 10.2. The minimum atomic E-state index is 0.742. The average molecular weight is 456 g/mol. The predicted octanol–water partition coefficient (Wildman–Crippen LogP) is 6.53. The number of aryl methyl sites for hydroxylation is 1. The van der Waals surface area contributed by atoms with Crippen LogP contribution in [0.5, 0.6) is 11.5 Å². The van der Waals surface area contributed by atoms with E-state index in [1.54, 1.807) is 25.6 Å². The van der Waals surface area contributed by atoms with Crippen molar-refractivity contribution >= 4 is 32.4 Å². The highest BCUT2D eigenvalue weighted by atomic mass is 32.1. The number of hydrogen-bond donors (Lipinski definition) is 0. The number of anilines is 2. The minimum Gasteiger partial charge on any atom is -0.493 e. The molecule has 174 valence electrons. The number of methoxy groups -OCH3 is 2. The summed E-state index contributed by atoms with van der Waals surface area (Å²) in [6, 6.07) is 12.7. The second-order valence-electron chi connectivity index (χ2n) is 7.93. The number of nitrogens with zero attached hydrogens (tertiary/aromatic N) is 3. The van der Waals surface area contributed by atoms with Crippen LogP contribution in [0.2, 0.25) is 0 Å². The summed E-state index contributed by atoms with van der Waals surface area (Å²) in [6.45, 7) is 11.0. The fourth-order valence-corrected chi connectivity index (χ4v) is 5.02. The maximum Gasteiger partial charge on any atom is 0.190 e. The molecule has 0 aliphatic carbocycles.